The van der Waals surface area contributed by atoms with Crippen molar-refractivity contribution in [1.29, 1.82) is 5.26 Å². The number of nitriles is 1. The van der Waals surface area contributed by atoms with Gasteiger partial charge in [-0.3, -0.25) is 4.79 Å². The van der Waals surface area contributed by atoms with Crippen LogP contribution in [0.3, 0.4) is 0 Å². The third kappa shape index (κ3) is 4.40. The quantitative estimate of drug-likeness (QED) is 0.841. The second-order valence-corrected chi connectivity index (χ2v) is 6.19. The molecule has 0 radical (unpaired) electrons. The molecule has 6 nitrogen and oxygen atoms in total. The van der Waals surface area contributed by atoms with Gasteiger partial charge < -0.3 is 19.6 Å². The monoisotopic (exact) mass is 342 g/mol. The summed E-state index contributed by atoms with van der Waals surface area (Å²) in [7, 11) is 0. The van der Waals surface area contributed by atoms with Gasteiger partial charge in [-0.05, 0) is 45.9 Å². The Kier molecular flexibility index (Phi) is 5.50. The predicted octanol–water partition coefficient (Wildman–Crippen LogP) is 2.56. The molecule has 6 heteroatoms. The molecule has 132 valence electrons. The van der Waals surface area contributed by atoms with E-state index in [-0.39, 0.29) is 12.5 Å². The summed E-state index contributed by atoms with van der Waals surface area (Å²) in [5.41, 5.74) is -0.269. The first-order valence-corrected chi connectivity index (χ1v) is 7.98. The summed E-state index contributed by atoms with van der Waals surface area (Å²) in [4.78, 5) is 12.3. The van der Waals surface area contributed by atoms with Gasteiger partial charge in [0.1, 0.15) is 28.9 Å². The molecule has 0 saturated heterocycles. The van der Waals surface area contributed by atoms with Crippen LogP contribution in [0, 0.1) is 25.2 Å². The van der Waals surface area contributed by atoms with E-state index in [9.17, 15) is 9.90 Å². The van der Waals surface area contributed by atoms with Crippen molar-refractivity contribution in [3.8, 4) is 11.8 Å². The Labute approximate surface area is 147 Å². The van der Waals surface area contributed by atoms with Crippen molar-refractivity contribution in [3.05, 3.63) is 53.0 Å². The number of hydrogen-bond donors (Lipinski definition) is 2. The molecule has 2 rings (SSSR count). The van der Waals surface area contributed by atoms with E-state index >= 15 is 0 Å². The zero-order chi connectivity index (χ0) is 18.6. The number of aryl methyl sites for hydroxylation is 2. The molecule has 0 aliphatic carbocycles. The lowest BCUT2D eigenvalue weighted by Gasteiger charge is -2.24. The fraction of sp³-hybridized carbons (Fsp3) is 0.368. The second kappa shape index (κ2) is 7.41. The molecule has 0 bridgehead atoms. The van der Waals surface area contributed by atoms with E-state index in [4.69, 9.17) is 14.4 Å². The smallest absolute Gasteiger partial charge is 0.260 e. The maximum Gasteiger partial charge on any atom is 0.260 e. The molecule has 1 aromatic carbocycles. The third-order valence-electron chi connectivity index (χ3n) is 3.91. The van der Waals surface area contributed by atoms with Crippen molar-refractivity contribution in [2.24, 2.45) is 0 Å². The lowest BCUT2D eigenvalue weighted by atomic mass is 9.96. The summed E-state index contributed by atoms with van der Waals surface area (Å²) in [6.07, 6.45) is -0.808. The van der Waals surface area contributed by atoms with E-state index in [2.05, 4.69) is 5.32 Å². The average molecular weight is 342 g/mol. The van der Waals surface area contributed by atoms with Gasteiger partial charge in [-0.2, -0.15) is 5.26 Å². The molecular formula is C19H22N2O4. The molecular weight excluding hydrogens is 320 g/mol. The van der Waals surface area contributed by atoms with Crippen LogP contribution in [-0.4, -0.2) is 23.7 Å². The lowest BCUT2D eigenvalue weighted by Crippen LogP contribution is -2.43. The Morgan fingerprint density at radius 1 is 1.44 bits per heavy atom. The Morgan fingerprint density at radius 3 is 2.72 bits per heavy atom. The van der Waals surface area contributed by atoms with E-state index in [0.29, 0.717) is 28.4 Å². The van der Waals surface area contributed by atoms with E-state index in [1.54, 1.807) is 58.0 Å². The SMILES string of the molecule is Cc1cc(C(C)(O)CNC(=O)C(C)Oc2ccccc2C#N)c(C)o1. The molecule has 2 unspecified atom stereocenters. The zero-order valence-corrected chi connectivity index (χ0v) is 14.8. The van der Waals surface area contributed by atoms with Gasteiger partial charge in [0.05, 0.1) is 12.1 Å². The van der Waals surface area contributed by atoms with Gasteiger partial charge in [-0.1, -0.05) is 12.1 Å². The number of nitrogens with zero attached hydrogens (tertiary/aromatic N) is 1. The van der Waals surface area contributed by atoms with E-state index in [0.717, 1.165) is 0 Å². The molecule has 1 heterocycles. The first-order valence-electron chi connectivity index (χ1n) is 7.98. The van der Waals surface area contributed by atoms with Gasteiger partial charge in [0, 0.05) is 5.56 Å². The van der Waals surface area contributed by atoms with E-state index in [1.165, 1.54) is 0 Å². The molecule has 0 spiro atoms. The van der Waals surface area contributed by atoms with Crippen LogP contribution in [-0.2, 0) is 10.4 Å². The van der Waals surface area contributed by atoms with Crippen molar-refractivity contribution < 1.29 is 19.1 Å². The Balaban J connectivity index is 1.99. The molecule has 1 amide bonds. The van der Waals surface area contributed by atoms with E-state index in [1.807, 2.05) is 6.07 Å². The minimum absolute atomic E-state index is 0.0131. The molecule has 0 fully saturated rings. The summed E-state index contributed by atoms with van der Waals surface area (Å²) in [6.45, 7) is 6.78. The van der Waals surface area contributed by atoms with Gasteiger partial charge in [-0.15, -0.1) is 0 Å². The van der Waals surface area contributed by atoms with Crippen molar-refractivity contribution >= 4 is 5.91 Å². The number of para-hydroxylation sites is 1. The summed E-state index contributed by atoms with van der Waals surface area (Å²) in [5.74, 6) is 1.28. The van der Waals surface area contributed by atoms with E-state index < -0.39 is 11.7 Å². The summed E-state index contributed by atoms with van der Waals surface area (Å²) >= 11 is 0. The molecule has 2 atom stereocenters. The van der Waals surface area contributed by atoms with Crippen molar-refractivity contribution in [2.45, 2.75) is 39.4 Å². The number of ether oxygens (including phenoxy) is 1. The molecule has 1 aromatic heterocycles. The number of aliphatic hydroxyl groups is 1. The minimum Gasteiger partial charge on any atom is -0.480 e. The standard InChI is InChI=1S/C19H22N2O4/c1-12-9-16(13(2)24-12)19(4,23)11-21-18(22)14(3)25-17-8-6-5-7-15(17)10-20/h5-9,14,23H,11H2,1-4H3,(H,21,22). The number of nitrogens with one attached hydrogen (secondary N) is 1. The van der Waals surface area contributed by atoms with Crippen LogP contribution in [0.15, 0.2) is 34.7 Å². The van der Waals surface area contributed by atoms with Crippen molar-refractivity contribution in [1.82, 2.24) is 5.32 Å². The molecule has 2 N–H and O–H groups in total. The number of furan rings is 1. The van der Waals surface area contributed by atoms with Crippen LogP contribution in [0.4, 0.5) is 0 Å². The van der Waals surface area contributed by atoms with Gasteiger partial charge in [0.15, 0.2) is 6.10 Å². The van der Waals surface area contributed by atoms with Crippen LogP contribution in [0.25, 0.3) is 0 Å². The van der Waals surface area contributed by atoms with Crippen LogP contribution in [0.5, 0.6) is 5.75 Å². The predicted molar refractivity (Wildman–Crippen MR) is 92.0 cm³/mol. The maximum atomic E-state index is 12.3. The molecule has 25 heavy (non-hydrogen) atoms. The second-order valence-electron chi connectivity index (χ2n) is 6.19. The van der Waals surface area contributed by atoms with Crippen molar-refractivity contribution in [2.75, 3.05) is 6.54 Å². The lowest BCUT2D eigenvalue weighted by molar-refractivity contribution is -0.128. The number of carbonyl (C=O) groups excluding carboxylic acids is 1. The molecule has 0 saturated carbocycles. The number of hydrogen-bond acceptors (Lipinski definition) is 5. The fourth-order valence-corrected chi connectivity index (χ4v) is 2.57. The topological polar surface area (TPSA) is 95.5 Å². The Bertz CT molecular complexity index is 802. The Hall–Kier alpha value is -2.78. The maximum absolute atomic E-state index is 12.3. The third-order valence-corrected chi connectivity index (χ3v) is 3.91. The summed E-state index contributed by atoms with van der Waals surface area (Å²) in [6, 6.07) is 10.5. The first-order chi connectivity index (χ1) is 11.7. The average Bonchev–Trinajstić information content (AvgIpc) is 2.92. The van der Waals surface area contributed by atoms with Crippen LogP contribution in [0.2, 0.25) is 0 Å². The highest BCUT2D eigenvalue weighted by Gasteiger charge is 2.29. The highest BCUT2D eigenvalue weighted by molar-refractivity contribution is 5.80. The van der Waals surface area contributed by atoms with Crippen LogP contribution >= 0.6 is 0 Å². The Morgan fingerprint density at radius 2 is 2.12 bits per heavy atom. The van der Waals surface area contributed by atoms with Gasteiger partial charge in [0.2, 0.25) is 0 Å². The highest BCUT2D eigenvalue weighted by atomic mass is 16.5. The van der Waals surface area contributed by atoms with Crippen molar-refractivity contribution in [3.63, 3.8) is 0 Å². The van der Waals surface area contributed by atoms with Gasteiger partial charge in [-0.25, -0.2) is 0 Å². The molecule has 0 aliphatic rings. The first kappa shape index (κ1) is 18.6. The normalized spacial score (nSPS) is 14.2. The van der Waals surface area contributed by atoms with Gasteiger partial charge >= 0.3 is 0 Å². The molecule has 2 aromatic rings. The fourth-order valence-electron chi connectivity index (χ4n) is 2.57. The van der Waals surface area contributed by atoms with Gasteiger partial charge in [0.25, 0.3) is 5.91 Å². The van der Waals surface area contributed by atoms with Crippen LogP contribution < -0.4 is 10.1 Å². The highest BCUT2D eigenvalue weighted by Crippen LogP contribution is 2.26. The molecule has 0 aliphatic heterocycles. The minimum atomic E-state index is -1.26. The number of carbonyl (C=O) groups is 1. The summed E-state index contributed by atoms with van der Waals surface area (Å²) < 4.78 is 11.0. The zero-order valence-electron chi connectivity index (χ0n) is 14.8. The largest absolute Gasteiger partial charge is 0.480 e. The van der Waals surface area contributed by atoms with Crippen LogP contribution in [0.1, 0.15) is 36.5 Å². The summed E-state index contributed by atoms with van der Waals surface area (Å²) in [5, 5.41) is 22.4. The number of rotatable bonds is 6. The number of amides is 1. The number of benzene rings is 1.